The minimum atomic E-state index is 0.0808. The molecule has 8 heteroatoms. The van der Waals surface area contributed by atoms with Crippen LogP contribution in [-0.2, 0) is 0 Å². The van der Waals surface area contributed by atoms with E-state index >= 15 is 0 Å². The summed E-state index contributed by atoms with van der Waals surface area (Å²) in [5, 5.41) is 10.9. The van der Waals surface area contributed by atoms with Gasteiger partial charge >= 0.3 is 0 Å². The van der Waals surface area contributed by atoms with Gasteiger partial charge in [-0.25, -0.2) is 0 Å². The van der Waals surface area contributed by atoms with Gasteiger partial charge in [0.25, 0.3) is 0 Å². The summed E-state index contributed by atoms with van der Waals surface area (Å²) in [6, 6.07) is 11.9. The van der Waals surface area contributed by atoms with Gasteiger partial charge in [-0.15, -0.1) is 0 Å². The Labute approximate surface area is 137 Å². The average Bonchev–Trinajstić information content (AvgIpc) is 2.79. The van der Waals surface area contributed by atoms with Gasteiger partial charge in [-0.05, 0) is 29.8 Å². The van der Waals surface area contributed by atoms with Crippen molar-refractivity contribution < 1.29 is 0 Å². The molecule has 6 N–H and O–H groups in total. The normalized spacial score (nSPS) is 16.2. The highest BCUT2D eigenvalue weighted by Crippen LogP contribution is 2.31. The molecule has 0 aliphatic heterocycles. The van der Waals surface area contributed by atoms with Crippen LogP contribution in [0.3, 0.4) is 0 Å². The average molecular weight is 328 g/mol. The number of benzene rings is 2. The van der Waals surface area contributed by atoms with Crippen LogP contribution in [0.15, 0.2) is 46.6 Å². The van der Waals surface area contributed by atoms with E-state index in [2.05, 4.69) is 21.1 Å². The van der Waals surface area contributed by atoms with E-state index in [1.54, 1.807) is 0 Å². The highest BCUT2D eigenvalue weighted by Gasteiger charge is 2.27. The van der Waals surface area contributed by atoms with Crippen LogP contribution in [0, 0.1) is 0 Å². The molecule has 2 aromatic carbocycles. The standard InChI is InChI=1S/C14H12N6S2/c15-13(21)19-17-11-8-5-1-3-7-4-2-6-9(10(7)8)12(11)18-20-14(16)22/h1-6H,(H3,15,19,21)(H3,16,20,22)/b17-11-,18-12-. The van der Waals surface area contributed by atoms with Crippen LogP contribution < -0.4 is 22.3 Å². The summed E-state index contributed by atoms with van der Waals surface area (Å²) < 4.78 is 0. The molecule has 6 nitrogen and oxygen atoms in total. The Balaban J connectivity index is 2.22. The maximum atomic E-state index is 5.46. The third-order valence-electron chi connectivity index (χ3n) is 3.20. The molecule has 0 unspecified atom stereocenters. The summed E-state index contributed by atoms with van der Waals surface area (Å²) in [7, 11) is 0. The van der Waals surface area contributed by atoms with Crippen molar-refractivity contribution in [2.75, 3.05) is 0 Å². The van der Waals surface area contributed by atoms with Crippen molar-refractivity contribution >= 4 is 56.9 Å². The van der Waals surface area contributed by atoms with Gasteiger partial charge < -0.3 is 11.5 Å². The number of nitrogens with one attached hydrogen (secondary N) is 2. The number of nitrogens with two attached hydrogens (primary N) is 2. The van der Waals surface area contributed by atoms with E-state index in [-0.39, 0.29) is 10.2 Å². The van der Waals surface area contributed by atoms with Gasteiger partial charge in [-0.1, -0.05) is 36.4 Å². The Morgan fingerprint density at radius 2 is 1.27 bits per heavy atom. The zero-order chi connectivity index (χ0) is 15.7. The second-order valence-corrected chi connectivity index (χ2v) is 5.46. The van der Waals surface area contributed by atoms with Crippen LogP contribution in [0.1, 0.15) is 11.1 Å². The van der Waals surface area contributed by atoms with Crippen LogP contribution in [0.25, 0.3) is 10.8 Å². The quantitative estimate of drug-likeness (QED) is 0.483. The topological polar surface area (TPSA) is 101 Å². The molecule has 0 heterocycles. The summed E-state index contributed by atoms with van der Waals surface area (Å²) in [6.07, 6.45) is 0. The molecule has 2 aromatic rings. The number of hydrazone groups is 2. The monoisotopic (exact) mass is 328 g/mol. The molecule has 22 heavy (non-hydrogen) atoms. The van der Waals surface area contributed by atoms with Crippen molar-refractivity contribution in [3.05, 3.63) is 47.5 Å². The van der Waals surface area contributed by atoms with Gasteiger partial charge in [0.1, 0.15) is 11.4 Å². The first kappa shape index (κ1) is 14.4. The highest BCUT2D eigenvalue weighted by atomic mass is 32.1. The smallest absolute Gasteiger partial charge is 0.184 e. The van der Waals surface area contributed by atoms with Gasteiger partial charge in [0, 0.05) is 16.5 Å². The van der Waals surface area contributed by atoms with Crippen molar-refractivity contribution in [1.29, 1.82) is 0 Å². The largest absolute Gasteiger partial charge is 0.375 e. The van der Waals surface area contributed by atoms with E-state index in [4.69, 9.17) is 35.9 Å². The van der Waals surface area contributed by atoms with Crippen molar-refractivity contribution in [3.63, 3.8) is 0 Å². The zero-order valence-electron chi connectivity index (χ0n) is 11.3. The lowest BCUT2D eigenvalue weighted by atomic mass is 10.1. The Bertz CT molecular complexity index is 789. The molecule has 1 aliphatic carbocycles. The minimum Gasteiger partial charge on any atom is -0.375 e. The fraction of sp³-hybridized carbons (Fsp3) is 0. The fourth-order valence-corrected chi connectivity index (χ4v) is 2.53. The van der Waals surface area contributed by atoms with Crippen molar-refractivity contribution in [3.8, 4) is 0 Å². The van der Waals surface area contributed by atoms with Gasteiger partial charge in [0.15, 0.2) is 10.2 Å². The fourth-order valence-electron chi connectivity index (χ4n) is 2.44. The molecule has 0 radical (unpaired) electrons. The van der Waals surface area contributed by atoms with Gasteiger partial charge in [0.05, 0.1) is 0 Å². The Morgan fingerprint density at radius 1 is 0.818 bits per heavy atom. The third-order valence-corrected chi connectivity index (χ3v) is 3.38. The van der Waals surface area contributed by atoms with E-state index in [0.717, 1.165) is 21.9 Å². The van der Waals surface area contributed by atoms with E-state index < -0.39 is 0 Å². The maximum absolute atomic E-state index is 5.46. The molecule has 110 valence electrons. The van der Waals surface area contributed by atoms with Gasteiger partial charge in [0.2, 0.25) is 0 Å². The summed E-state index contributed by atoms with van der Waals surface area (Å²) in [5.41, 5.74) is 19.3. The van der Waals surface area contributed by atoms with Crippen molar-refractivity contribution in [2.24, 2.45) is 21.7 Å². The lowest BCUT2D eigenvalue weighted by Gasteiger charge is -2.04. The summed E-state index contributed by atoms with van der Waals surface area (Å²) in [6.45, 7) is 0. The van der Waals surface area contributed by atoms with E-state index in [1.807, 2.05) is 36.4 Å². The van der Waals surface area contributed by atoms with E-state index in [0.29, 0.717) is 11.4 Å². The molecule has 1 aliphatic rings. The molecule has 3 rings (SSSR count). The summed E-state index contributed by atoms with van der Waals surface area (Å²) in [4.78, 5) is 0. The van der Waals surface area contributed by atoms with E-state index in [1.165, 1.54) is 0 Å². The number of hydrogen-bond donors (Lipinski definition) is 4. The minimum absolute atomic E-state index is 0.0808. The Hall–Kier alpha value is -2.58. The first-order chi connectivity index (χ1) is 10.6. The number of nitrogens with zero attached hydrogens (tertiary/aromatic N) is 2. The molecule has 0 fully saturated rings. The number of hydrogen-bond acceptors (Lipinski definition) is 4. The highest BCUT2D eigenvalue weighted by molar-refractivity contribution is 7.80. The molecule has 0 amide bonds. The zero-order valence-corrected chi connectivity index (χ0v) is 13.0. The molecular weight excluding hydrogens is 316 g/mol. The second kappa shape index (κ2) is 5.66. The lowest BCUT2D eigenvalue weighted by molar-refractivity contribution is 1.02. The van der Waals surface area contributed by atoms with Gasteiger partial charge in [-0.2, -0.15) is 10.2 Å². The SMILES string of the molecule is NC(=S)N/N=C1\C(=N/NC(N)=S)c2cccc3cccc1c23. The van der Waals surface area contributed by atoms with Gasteiger partial charge in [-0.3, -0.25) is 10.9 Å². The summed E-state index contributed by atoms with van der Waals surface area (Å²) >= 11 is 9.61. The Morgan fingerprint density at radius 3 is 1.68 bits per heavy atom. The van der Waals surface area contributed by atoms with Crippen LogP contribution in [0.4, 0.5) is 0 Å². The lowest BCUT2D eigenvalue weighted by Crippen LogP contribution is -2.29. The third kappa shape index (κ3) is 2.49. The predicted octanol–water partition coefficient (Wildman–Crippen LogP) is 0.928. The number of thiocarbonyl (C=S) groups is 2. The first-order valence-electron chi connectivity index (χ1n) is 6.37. The second-order valence-electron chi connectivity index (χ2n) is 4.58. The Kier molecular flexibility index (Phi) is 3.70. The molecule has 0 aromatic heterocycles. The number of rotatable bonds is 2. The van der Waals surface area contributed by atoms with Crippen LogP contribution in [0.2, 0.25) is 0 Å². The van der Waals surface area contributed by atoms with Crippen LogP contribution >= 0.6 is 24.4 Å². The van der Waals surface area contributed by atoms with E-state index in [9.17, 15) is 0 Å². The molecule has 0 saturated carbocycles. The summed E-state index contributed by atoms with van der Waals surface area (Å²) in [5.74, 6) is 0. The predicted molar refractivity (Wildman–Crippen MR) is 96.9 cm³/mol. The van der Waals surface area contributed by atoms with Crippen molar-refractivity contribution in [1.82, 2.24) is 10.9 Å². The molecule has 0 bridgehead atoms. The molecule has 0 spiro atoms. The van der Waals surface area contributed by atoms with Crippen molar-refractivity contribution in [2.45, 2.75) is 0 Å². The molecular formula is C14H12N6S2. The van der Waals surface area contributed by atoms with Crippen LogP contribution in [0.5, 0.6) is 0 Å². The maximum Gasteiger partial charge on any atom is 0.184 e. The molecule has 0 atom stereocenters. The van der Waals surface area contributed by atoms with Crippen LogP contribution in [-0.4, -0.2) is 21.6 Å². The first-order valence-corrected chi connectivity index (χ1v) is 7.18. The molecule has 0 saturated heterocycles.